The largest absolute Gasteiger partial charge is 0.481 e. The third-order valence-corrected chi connectivity index (χ3v) is 5.08. The molecule has 0 spiro atoms. The first-order valence-corrected chi connectivity index (χ1v) is 8.85. The van der Waals surface area contributed by atoms with Crippen LogP contribution in [0.1, 0.15) is 29.6 Å². The van der Waals surface area contributed by atoms with Crippen molar-refractivity contribution in [2.45, 2.75) is 24.2 Å². The Balaban J connectivity index is 2.08. The van der Waals surface area contributed by atoms with Gasteiger partial charge in [0.1, 0.15) is 0 Å². The van der Waals surface area contributed by atoms with E-state index in [-0.39, 0.29) is 23.4 Å². The molecule has 8 heteroatoms. The van der Waals surface area contributed by atoms with Crippen LogP contribution in [0.4, 0.5) is 0 Å². The number of hydrogen-bond donors (Lipinski definition) is 2. The van der Waals surface area contributed by atoms with Gasteiger partial charge in [0.15, 0.2) is 0 Å². The van der Waals surface area contributed by atoms with E-state index in [4.69, 9.17) is 5.11 Å². The van der Waals surface area contributed by atoms with Crippen molar-refractivity contribution in [2.24, 2.45) is 5.92 Å². The summed E-state index contributed by atoms with van der Waals surface area (Å²) < 4.78 is 27.0. The number of nitrogens with zero attached hydrogens (tertiary/aromatic N) is 1. The smallest absolute Gasteiger partial charge is 0.305 e. The van der Waals surface area contributed by atoms with Gasteiger partial charge in [0, 0.05) is 25.7 Å². The molecule has 23 heavy (non-hydrogen) atoms. The summed E-state index contributed by atoms with van der Waals surface area (Å²) in [5.41, 5.74) is 0.215. The van der Waals surface area contributed by atoms with Gasteiger partial charge in [-0.2, -0.15) is 0 Å². The SMILES string of the molecule is CN(CCC(=O)O)C(=O)c1cccc(S(=O)(=O)NCC2CC2)c1. The van der Waals surface area contributed by atoms with Gasteiger partial charge in [-0.05, 0) is 37.0 Å². The van der Waals surface area contributed by atoms with Crippen molar-refractivity contribution in [2.75, 3.05) is 20.1 Å². The highest BCUT2D eigenvalue weighted by Gasteiger charge is 2.24. The molecule has 1 amide bonds. The first kappa shape index (κ1) is 17.4. The molecule has 0 saturated heterocycles. The average molecular weight is 340 g/mol. The zero-order valence-corrected chi connectivity index (χ0v) is 13.7. The Kier molecular flexibility index (Phi) is 5.38. The quantitative estimate of drug-likeness (QED) is 0.732. The van der Waals surface area contributed by atoms with Crippen molar-refractivity contribution >= 4 is 21.9 Å². The number of sulfonamides is 1. The second-order valence-electron chi connectivity index (χ2n) is 5.69. The summed E-state index contributed by atoms with van der Waals surface area (Å²) in [6.45, 7) is 0.476. The van der Waals surface area contributed by atoms with Gasteiger partial charge in [-0.25, -0.2) is 13.1 Å². The Labute approximate surface area is 135 Å². The number of carboxylic acid groups (broad SMARTS) is 1. The summed E-state index contributed by atoms with van der Waals surface area (Å²) in [5.74, 6) is -0.993. The summed E-state index contributed by atoms with van der Waals surface area (Å²) in [4.78, 5) is 24.1. The van der Waals surface area contributed by atoms with Crippen molar-refractivity contribution in [3.05, 3.63) is 29.8 Å². The summed E-state index contributed by atoms with van der Waals surface area (Å²) >= 11 is 0. The van der Waals surface area contributed by atoms with Gasteiger partial charge in [0.2, 0.25) is 10.0 Å². The predicted molar refractivity (Wildman–Crippen MR) is 83.6 cm³/mol. The van der Waals surface area contributed by atoms with Crippen LogP contribution in [0.5, 0.6) is 0 Å². The predicted octanol–water partition coefficient (Wildman–Crippen LogP) is 0.922. The average Bonchev–Trinajstić information content (AvgIpc) is 3.34. The molecule has 2 rings (SSSR count). The molecule has 1 fully saturated rings. The highest BCUT2D eigenvalue weighted by atomic mass is 32.2. The molecule has 2 N–H and O–H groups in total. The molecule has 1 aliphatic carbocycles. The molecular weight excluding hydrogens is 320 g/mol. The summed E-state index contributed by atoms with van der Waals surface area (Å²) in [7, 11) is -2.15. The Morgan fingerprint density at radius 1 is 1.35 bits per heavy atom. The Morgan fingerprint density at radius 3 is 2.65 bits per heavy atom. The molecular formula is C15H20N2O5S. The molecule has 0 aromatic heterocycles. The molecule has 7 nitrogen and oxygen atoms in total. The van der Waals surface area contributed by atoms with Gasteiger partial charge in [-0.3, -0.25) is 9.59 Å². The molecule has 1 aromatic rings. The maximum Gasteiger partial charge on any atom is 0.305 e. The number of hydrogen-bond acceptors (Lipinski definition) is 4. The van der Waals surface area contributed by atoms with Crippen LogP contribution in [-0.2, 0) is 14.8 Å². The van der Waals surface area contributed by atoms with Crippen LogP contribution in [0, 0.1) is 5.92 Å². The van der Waals surface area contributed by atoms with Crippen LogP contribution in [0.15, 0.2) is 29.2 Å². The maximum absolute atomic E-state index is 12.2. The molecule has 126 valence electrons. The number of carbonyl (C=O) groups excluding carboxylic acids is 1. The molecule has 1 aromatic carbocycles. The molecule has 1 aliphatic rings. The zero-order chi connectivity index (χ0) is 17.0. The number of rotatable bonds is 8. The second kappa shape index (κ2) is 7.10. The minimum absolute atomic E-state index is 0.0376. The molecule has 0 unspecified atom stereocenters. The summed E-state index contributed by atoms with van der Waals surface area (Å²) in [6, 6.07) is 5.77. The van der Waals surface area contributed by atoms with E-state index in [1.54, 1.807) is 0 Å². The van der Waals surface area contributed by atoms with Gasteiger partial charge < -0.3 is 10.0 Å². The number of carbonyl (C=O) groups is 2. The Hall–Kier alpha value is -1.93. The summed E-state index contributed by atoms with van der Waals surface area (Å²) in [6.07, 6.45) is 1.91. The van der Waals surface area contributed by atoms with Gasteiger partial charge in [0.25, 0.3) is 5.91 Å². The van der Waals surface area contributed by atoms with E-state index in [9.17, 15) is 18.0 Å². The van der Waals surface area contributed by atoms with Gasteiger partial charge in [-0.15, -0.1) is 0 Å². The molecule has 0 heterocycles. The van der Waals surface area contributed by atoms with E-state index < -0.39 is 21.9 Å². The summed E-state index contributed by atoms with van der Waals surface area (Å²) in [5, 5.41) is 8.65. The van der Waals surface area contributed by atoms with Crippen LogP contribution in [0.25, 0.3) is 0 Å². The number of aliphatic carboxylic acids is 1. The first-order valence-electron chi connectivity index (χ1n) is 7.36. The van der Waals surface area contributed by atoms with Crippen LogP contribution in [0.2, 0.25) is 0 Å². The lowest BCUT2D eigenvalue weighted by Crippen LogP contribution is -2.30. The standard InChI is InChI=1S/C15H20N2O5S/c1-17(8-7-14(18)19)15(20)12-3-2-4-13(9-12)23(21,22)16-10-11-5-6-11/h2-4,9,11,16H,5-8,10H2,1H3,(H,18,19). The van der Waals surface area contributed by atoms with E-state index in [1.807, 2.05) is 0 Å². The number of amides is 1. The zero-order valence-electron chi connectivity index (χ0n) is 12.9. The lowest BCUT2D eigenvalue weighted by molar-refractivity contribution is -0.137. The van der Waals surface area contributed by atoms with Crippen molar-refractivity contribution < 1.29 is 23.1 Å². The highest BCUT2D eigenvalue weighted by Crippen LogP contribution is 2.28. The van der Waals surface area contributed by atoms with E-state index in [2.05, 4.69) is 4.72 Å². The monoisotopic (exact) mass is 340 g/mol. The van der Waals surface area contributed by atoms with Crippen LogP contribution in [0.3, 0.4) is 0 Å². The van der Waals surface area contributed by atoms with Gasteiger partial charge in [-0.1, -0.05) is 6.07 Å². The highest BCUT2D eigenvalue weighted by molar-refractivity contribution is 7.89. The van der Waals surface area contributed by atoms with Gasteiger partial charge in [0.05, 0.1) is 11.3 Å². The first-order chi connectivity index (χ1) is 10.8. The lowest BCUT2D eigenvalue weighted by atomic mass is 10.2. The number of carboxylic acids is 1. The van der Waals surface area contributed by atoms with Crippen molar-refractivity contribution in [3.63, 3.8) is 0 Å². The van der Waals surface area contributed by atoms with E-state index in [0.717, 1.165) is 12.8 Å². The van der Waals surface area contributed by atoms with Crippen molar-refractivity contribution in [1.29, 1.82) is 0 Å². The normalized spacial score (nSPS) is 14.5. The second-order valence-corrected chi connectivity index (χ2v) is 7.46. The molecule has 1 saturated carbocycles. The topological polar surface area (TPSA) is 104 Å². The van der Waals surface area contributed by atoms with Crippen molar-refractivity contribution in [1.82, 2.24) is 9.62 Å². The minimum Gasteiger partial charge on any atom is -0.481 e. The third-order valence-electron chi connectivity index (χ3n) is 3.66. The van der Waals surface area contributed by atoms with Crippen LogP contribution < -0.4 is 4.72 Å². The maximum atomic E-state index is 12.2. The van der Waals surface area contributed by atoms with Crippen LogP contribution >= 0.6 is 0 Å². The Bertz CT molecular complexity index is 698. The minimum atomic E-state index is -3.64. The van der Waals surface area contributed by atoms with E-state index >= 15 is 0 Å². The number of nitrogens with one attached hydrogen (secondary N) is 1. The fourth-order valence-corrected chi connectivity index (χ4v) is 3.18. The van der Waals surface area contributed by atoms with E-state index in [1.165, 1.54) is 36.2 Å². The van der Waals surface area contributed by atoms with Crippen LogP contribution in [-0.4, -0.2) is 50.4 Å². The Morgan fingerprint density at radius 2 is 2.04 bits per heavy atom. The third kappa shape index (κ3) is 5.04. The molecule has 0 bridgehead atoms. The molecule has 0 atom stereocenters. The molecule has 0 aliphatic heterocycles. The van der Waals surface area contributed by atoms with E-state index in [0.29, 0.717) is 12.5 Å². The fourth-order valence-electron chi connectivity index (χ4n) is 2.01. The molecule has 0 radical (unpaired) electrons. The number of benzene rings is 1. The lowest BCUT2D eigenvalue weighted by Gasteiger charge is -2.16. The fraction of sp³-hybridized carbons (Fsp3) is 0.467. The van der Waals surface area contributed by atoms with Gasteiger partial charge >= 0.3 is 5.97 Å². The van der Waals surface area contributed by atoms with Crippen molar-refractivity contribution in [3.8, 4) is 0 Å².